The highest BCUT2D eigenvalue weighted by Crippen LogP contribution is 2.19. The average Bonchev–Trinajstić information content (AvgIpc) is 2.39. The van der Waals surface area contributed by atoms with Gasteiger partial charge in [-0.1, -0.05) is 0 Å². The molecule has 0 saturated carbocycles. The summed E-state index contributed by atoms with van der Waals surface area (Å²) in [4.78, 5) is 25.1. The van der Waals surface area contributed by atoms with Gasteiger partial charge in [-0.05, 0) is 25.2 Å². The molecule has 2 rings (SSSR count). The molecule has 0 spiro atoms. The molecule has 102 valence electrons. The lowest BCUT2D eigenvalue weighted by Gasteiger charge is -2.36. The molecule has 0 aromatic heterocycles. The fourth-order valence-corrected chi connectivity index (χ4v) is 2.64. The van der Waals surface area contributed by atoms with Gasteiger partial charge < -0.3 is 15.3 Å². The van der Waals surface area contributed by atoms with E-state index < -0.39 is 0 Å². The Bertz CT molecular complexity index is 310. The van der Waals surface area contributed by atoms with Gasteiger partial charge in [0.1, 0.15) is 6.04 Å². The van der Waals surface area contributed by atoms with Crippen LogP contribution in [0.25, 0.3) is 0 Å². The second-order valence-corrected chi connectivity index (χ2v) is 5.04. The van der Waals surface area contributed by atoms with Crippen molar-refractivity contribution < 1.29 is 14.7 Å². The van der Waals surface area contributed by atoms with Crippen LogP contribution in [0, 0.1) is 5.92 Å². The molecule has 2 amide bonds. The van der Waals surface area contributed by atoms with Crippen LogP contribution >= 0.6 is 0 Å². The van der Waals surface area contributed by atoms with Crippen molar-refractivity contribution in [2.45, 2.75) is 25.3 Å². The third-order valence-corrected chi connectivity index (χ3v) is 3.68. The van der Waals surface area contributed by atoms with Gasteiger partial charge >= 0.3 is 0 Å². The van der Waals surface area contributed by atoms with E-state index in [0.717, 1.165) is 32.4 Å². The van der Waals surface area contributed by atoms with E-state index in [0.29, 0.717) is 12.5 Å². The molecule has 0 aromatic carbocycles. The topological polar surface area (TPSA) is 81.7 Å². The van der Waals surface area contributed by atoms with Crippen LogP contribution in [-0.2, 0) is 9.59 Å². The lowest BCUT2D eigenvalue weighted by Crippen LogP contribution is -2.59. The SMILES string of the molecule is O=C1CNC(C(=O)N2CCCC(CCO)C2)CN1. The maximum absolute atomic E-state index is 12.3. The van der Waals surface area contributed by atoms with Crippen molar-refractivity contribution >= 4 is 11.8 Å². The second kappa shape index (κ2) is 6.15. The number of nitrogens with zero attached hydrogens (tertiary/aromatic N) is 1. The quantitative estimate of drug-likeness (QED) is 0.585. The fourth-order valence-electron chi connectivity index (χ4n) is 2.64. The first-order valence-electron chi connectivity index (χ1n) is 6.60. The number of aliphatic hydroxyl groups excluding tert-OH is 1. The summed E-state index contributed by atoms with van der Waals surface area (Å²) in [5.74, 6) is 0.416. The summed E-state index contributed by atoms with van der Waals surface area (Å²) in [6.07, 6.45) is 2.84. The van der Waals surface area contributed by atoms with Crippen LogP contribution in [0.5, 0.6) is 0 Å². The Morgan fingerprint density at radius 1 is 1.50 bits per heavy atom. The van der Waals surface area contributed by atoms with Crippen LogP contribution in [0.3, 0.4) is 0 Å². The Labute approximate surface area is 107 Å². The summed E-state index contributed by atoms with van der Waals surface area (Å²) in [5.41, 5.74) is 0. The van der Waals surface area contributed by atoms with E-state index in [4.69, 9.17) is 5.11 Å². The molecule has 0 aromatic rings. The highest BCUT2D eigenvalue weighted by molar-refractivity contribution is 5.86. The zero-order chi connectivity index (χ0) is 13.0. The predicted molar refractivity (Wildman–Crippen MR) is 65.8 cm³/mol. The van der Waals surface area contributed by atoms with Crippen LogP contribution in [-0.4, -0.2) is 60.6 Å². The van der Waals surface area contributed by atoms with E-state index >= 15 is 0 Å². The van der Waals surface area contributed by atoms with Crippen molar-refractivity contribution in [1.29, 1.82) is 0 Å². The Balaban J connectivity index is 1.86. The van der Waals surface area contributed by atoms with Gasteiger partial charge in [-0.3, -0.25) is 14.9 Å². The van der Waals surface area contributed by atoms with Crippen molar-refractivity contribution in [3.63, 3.8) is 0 Å². The number of likely N-dealkylation sites (tertiary alicyclic amines) is 1. The number of piperidine rings is 1. The zero-order valence-corrected chi connectivity index (χ0v) is 10.5. The molecule has 2 fully saturated rings. The Morgan fingerprint density at radius 2 is 2.33 bits per heavy atom. The fraction of sp³-hybridized carbons (Fsp3) is 0.833. The van der Waals surface area contributed by atoms with E-state index in [1.807, 2.05) is 4.90 Å². The first-order valence-corrected chi connectivity index (χ1v) is 6.60. The van der Waals surface area contributed by atoms with Gasteiger partial charge in [0.2, 0.25) is 11.8 Å². The minimum Gasteiger partial charge on any atom is -0.396 e. The van der Waals surface area contributed by atoms with E-state index in [1.165, 1.54) is 0 Å². The van der Waals surface area contributed by atoms with Crippen molar-refractivity contribution in [3.05, 3.63) is 0 Å². The molecule has 18 heavy (non-hydrogen) atoms. The van der Waals surface area contributed by atoms with Gasteiger partial charge in [0.15, 0.2) is 0 Å². The standard InChI is InChI=1S/C12H21N3O3/c16-5-3-9-2-1-4-15(8-9)12(18)10-6-14-11(17)7-13-10/h9-10,13,16H,1-8H2,(H,14,17). The van der Waals surface area contributed by atoms with E-state index in [2.05, 4.69) is 10.6 Å². The summed E-state index contributed by atoms with van der Waals surface area (Å²) in [6.45, 7) is 2.28. The molecule has 2 aliphatic heterocycles. The van der Waals surface area contributed by atoms with Gasteiger partial charge in [-0.2, -0.15) is 0 Å². The lowest BCUT2D eigenvalue weighted by atomic mass is 9.94. The van der Waals surface area contributed by atoms with E-state index in [9.17, 15) is 9.59 Å². The number of carbonyl (C=O) groups is 2. The number of rotatable bonds is 3. The van der Waals surface area contributed by atoms with Crippen molar-refractivity contribution in [2.24, 2.45) is 5.92 Å². The third kappa shape index (κ3) is 3.20. The summed E-state index contributed by atoms with van der Waals surface area (Å²) >= 11 is 0. The lowest BCUT2D eigenvalue weighted by molar-refractivity contribution is -0.136. The molecular formula is C12H21N3O3. The largest absolute Gasteiger partial charge is 0.396 e. The normalized spacial score (nSPS) is 28.9. The molecule has 3 N–H and O–H groups in total. The molecule has 0 aliphatic carbocycles. The predicted octanol–water partition coefficient (Wildman–Crippen LogP) is -1.30. The molecule has 2 saturated heterocycles. The summed E-state index contributed by atoms with van der Waals surface area (Å²) in [5, 5.41) is 14.6. The molecule has 2 aliphatic rings. The monoisotopic (exact) mass is 255 g/mol. The molecule has 2 unspecified atom stereocenters. The van der Waals surface area contributed by atoms with Gasteiger partial charge in [-0.25, -0.2) is 0 Å². The molecule has 2 atom stereocenters. The highest BCUT2D eigenvalue weighted by atomic mass is 16.3. The highest BCUT2D eigenvalue weighted by Gasteiger charge is 2.30. The van der Waals surface area contributed by atoms with Crippen LogP contribution in [0.4, 0.5) is 0 Å². The minimum atomic E-state index is -0.296. The number of hydrogen-bond acceptors (Lipinski definition) is 4. The zero-order valence-electron chi connectivity index (χ0n) is 10.5. The summed E-state index contributed by atoms with van der Waals surface area (Å²) in [6, 6.07) is -0.296. The summed E-state index contributed by atoms with van der Waals surface area (Å²) < 4.78 is 0. The molecule has 0 bridgehead atoms. The van der Waals surface area contributed by atoms with Gasteiger partial charge in [-0.15, -0.1) is 0 Å². The van der Waals surface area contributed by atoms with Crippen LogP contribution in [0.2, 0.25) is 0 Å². The van der Waals surface area contributed by atoms with Gasteiger partial charge in [0.05, 0.1) is 6.54 Å². The maximum atomic E-state index is 12.3. The number of hydrogen-bond donors (Lipinski definition) is 3. The molecule has 6 heteroatoms. The molecular weight excluding hydrogens is 234 g/mol. The maximum Gasteiger partial charge on any atom is 0.241 e. The number of amides is 2. The third-order valence-electron chi connectivity index (χ3n) is 3.68. The molecule has 2 heterocycles. The first-order chi connectivity index (χ1) is 8.70. The van der Waals surface area contributed by atoms with E-state index in [1.54, 1.807) is 0 Å². The van der Waals surface area contributed by atoms with Crippen LogP contribution in [0.1, 0.15) is 19.3 Å². The number of carbonyl (C=O) groups excluding carboxylic acids is 2. The number of piperazine rings is 1. The Morgan fingerprint density at radius 3 is 3.00 bits per heavy atom. The average molecular weight is 255 g/mol. The van der Waals surface area contributed by atoms with Gasteiger partial charge in [0, 0.05) is 26.2 Å². The Hall–Kier alpha value is -1.14. The minimum absolute atomic E-state index is 0.0594. The van der Waals surface area contributed by atoms with Crippen molar-refractivity contribution in [3.8, 4) is 0 Å². The van der Waals surface area contributed by atoms with Crippen LogP contribution < -0.4 is 10.6 Å². The second-order valence-electron chi connectivity index (χ2n) is 5.04. The van der Waals surface area contributed by atoms with Crippen molar-refractivity contribution in [1.82, 2.24) is 15.5 Å². The number of nitrogens with one attached hydrogen (secondary N) is 2. The number of aliphatic hydroxyl groups is 1. The van der Waals surface area contributed by atoms with Gasteiger partial charge in [0.25, 0.3) is 0 Å². The smallest absolute Gasteiger partial charge is 0.241 e. The van der Waals surface area contributed by atoms with Crippen molar-refractivity contribution in [2.75, 3.05) is 32.8 Å². The van der Waals surface area contributed by atoms with E-state index in [-0.39, 0.29) is 31.0 Å². The molecule has 0 radical (unpaired) electrons. The van der Waals surface area contributed by atoms with Crippen LogP contribution in [0.15, 0.2) is 0 Å². The summed E-state index contributed by atoms with van der Waals surface area (Å²) in [7, 11) is 0. The first kappa shape index (κ1) is 13.3. The molecule has 6 nitrogen and oxygen atoms in total. The Kier molecular flexibility index (Phi) is 4.54.